The van der Waals surface area contributed by atoms with E-state index < -0.39 is 0 Å². The molecule has 2 aromatic rings. The number of aromatic nitrogens is 2. The highest BCUT2D eigenvalue weighted by Gasteiger charge is 2.28. The van der Waals surface area contributed by atoms with Gasteiger partial charge in [-0.25, -0.2) is 0 Å². The molecule has 2 aromatic heterocycles. The molecular formula is C14H19N3O2. The average molecular weight is 261 g/mol. The molecule has 5 nitrogen and oxygen atoms in total. The van der Waals surface area contributed by atoms with Gasteiger partial charge in [0.25, 0.3) is 0 Å². The van der Waals surface area contributed by atoms with Crippen LogP contribution in [0.1, 0.15) is 60.5 Å². The lowest BCUT2D eigenvalue weighted by Crippen LogP contribution is -2.18. The zero-order valence-electron chi connectivity index (χ0n) is 11.6. The van der Waals surface area contributed by atoms with Gasteiger partial charge in [0, 0.05) is 17.5 Å². The Morgan fingerprint density at radius 1 is 1.42 bits per heavy atom. The van der Waals surface area contributed by atoms with Crippen LogP contribution < -0.4 is 5.32 Å². The van der Waals surface area contributed by atoms with Gasteiger partial charge < -0.3 is 14.3 Å². The third-order valence-electron chi connectivity index (χ3n) is 3.53. The molecule has 0 spiro atoms. The monoisotopic (exact) mass is 261 g/mol. The Hall–Kier alpha value is -1.62. The molecular weight excluding hydrogens is 242 g/mol. The van der Waals surface area contributed by atoms with Gasteiger partial charge in [-0.15, -0.1) is 0 Å². The van der Waals surface area contributed by atoms with E-state index >= 15 is 0 Å². The zero-order chi connectivity index (χ0) is 13.4. The van der Waals surface area contributed by atoms with Crippen molar-refractivity contribution in [3.05, 3.63) is 34.9 Å². The summed E-state index contributed by atoms with van der Waals surface area (Å²) in [6, 6.07) is 2.27. The Bertz CT molecular complexity index is 569. The molecule has 102 valence electrons. The number of nitrogens with zero attached hydrogens (tertiary/aromatic N) is 2. The predicted molar refractivity (Wildman–Crippen MR) is 69.7 cm³/mol. The number of nitrogens with one attached hydrogen (secondary N) is 1. The lowest BCUT2D eigenvalue weighted by molar-refractivity contribution is 0.355. The maximum absolute atomic E-state index is 5.54. The van der Waals surface area contributed by atoms with Crippen molar-refractivity contribution in [3.8, 4) is 0 Å². The standard InChI is InChI=1S/C14H19N3O2/c1-8-6-12(10(3)18-8)9(2)15-7-13-16-14(17-19-13)11-4-5-11/h6,9,11,15H,4-5,7H2,1-3H3/t9-/m0/s1. The summed E-state index contributed by atoms with van der Waals surface area (Å²) in [6.07, 6.45) is 2.38. The number of aryl methyl sites for hydroxylation is 2. The quantitative estimate of drug-likeness (QED) is 0.896. The second-order valence-electron chi connectivity index (χ2n) is 5.29. The highest BCUT2D eigenvalue weighted by Crippen LogP contribution is 2.38. The Morgan fingerprint density at radius 2 is 2.21 bits per heavy atom. The molecule has 1 atom stereocenters. The van der Waals surface area contributed by atoms with Crippen molar-refractivity contribution < 1.29 is 8.94 Å². The summed E-state index contributed by atoms with van der Waals surface area (Å²) in [7, 11) is 0. The molecule has 1 aliphatic carbocycles. The first kappa shape index (κ1) is 12.4. The topological polar surface area (TPSA) is 64.1 Å². The van der Waals surface area contributed by atoms with Gasteiger partial charge in [0.05, 0.1) is 6.54 Å². The molecule has 1 saturated carbocycles. The Morgan fingerprint density at radius 3 is 2.84 bits per heavy atom. The van der Waals surface area contributed by atoms with Crippen LogP contribution in [0.3, 0.4) is 0 Å². The minimum Gasteiger partial charge on any atom is -0.466 e. The molecule has 1 N–H and O–H groups in total. The van der Waals surface area contributed by atoms with Crippen LogP contribution in [-0.2, 0) is 6.54 Å². The number of hydrogen-bond donors (Lipinski definition) is 1. The van der Waals surface area contributed by atoms with Crippen molar-refractivity contribution in [1.82, 2.24) is 15.5 Å². The van der Waals surface area contributed by atoms with Crippen molar-refractivity contribution in [2.45, 2.75) is 52.1 Å². The first-order chi connectivity index (χ1) is 9.13. The van der Waals surface area contributed by atoms with Crippen LogP contribution in [0.15, 0.2) is 15.0 Å². The third-order valence-corrected chi connectivity index (χ3v) is 3.53. The Labute approximate surface area is 112 Å². The van der Waals surface area contributed by atoms with Crippen LogP contribution in [0.5, 0.6) is 0 Å². The Balaban J connectivity index is 1.60. The molecule has 0 bridgehead atoms. The SMILES string of the molecule is Cc1cc([C@H](C)NCc2nc(C3CC3)no2)c(C)o1. The first-order valence-corrected chi connectivity index (χ1v) is 6.76. The van der Waals surface area contributed by atoms with Crippen molar-refractivity contribution in [1.29, 1.82) is 0 Å². The van der Waals surface area contributed by atoms with Crippen molar-refractivity contribution in [2.75, 3.05) is 0 Å². The van der Waals surface area contributed by atoms with Crippen LogP contribution in [-0.4, -0.2) is 10.1 Å². The van der Waals surface area contributed by atoms with Gasteiger partial charge in [-0.1, -0.05) is 5.16 Å². The fourth-order valence-corrected chi connectivity index (χ4v) is 2.28. The van der Waals surface area contributed by atoms with E-state index in [1.54, 1.807) is 0 Å². The second-order valence-corrected chi connectivity index (χ2v) is 5.29. The summed E-state index contributed by atoms with van der Waals surface area (Å²) in [5.74, 6) is 3.96. The summed E-state index contributed by atoms with van der Waals surface area (Å²) >= 11 is 0. The van der Waals surface area contributed by atoms with Gasteiger partial charge in [0.1, 0.15) is 11.5 Å². The summed E-state index contributed by atoms with van der Waals surface area (Å²) in [6.45, 7) is 6.64. The van der Waals surface area contributed by atoms with E-state index in [1.807, 2.05) is 13.8 Å². The lowest BCUT2D eigenvalue weighted by atomic mass is 10.1. The van der Waals surface area contributed by atoms with Crippen LogP contribution >= 0.6 is 0 Å². The molecule has 5 heteroatoms. The van der Waals surface area contributed by atoms with Gasteiger partial charge in [-0.2, -0.15) is 4.98 Å². The summed E-state index contributed by atoms with van der Waals surface area (Å²) in [4.78, 5) is 4.40. The molecule has 0 amide bonds. The van der Waals surface area contributed by atoms with E-state index in [9.17, 15) is 0 Å². The van der Waals surface area contributed by atoms with Gasteiger partial charge >= 0.3 is 0 Å². The number of rotatable bonds is 5. The minimum absolute atomic E-state index is 0.203. The lowest BCUT2D eigenvalue weighted by Gasteiger charge is -2.10. The minimum atomic E-state index is 0.203. The fraction of sp³-hybridized carbons (Fsp3) is 0.571. The Kier molecular flexibility index (Phi) is 3.14. The first-order valence-electron chi connectivity index (χ1n) is 6.76. The highest BCUT2D eigenvalue weighted by molar-refractivity contribution is 5.23. The number of furan rings is 1. The van der Waals surface area contributed by atoms with Gasteiger partial charge in [-0.3, -0.25) is 0 Å². The van der Waals surface area contributed by atoms with E-state index in [0.717, 1.165) is 17.3 Å². The van der Waals surface area contributed by atoms with Gasteiger partial charge in [-0.05, 0) is 39.7 Å². The molecule has 0 aliphatic heterocycles. The fourth-order valence-electron chi connectivity index (χ4n) is 2.28. The summed E-state index contributed by atoms with van der Waals surface area (Å²) in [5.41, 5.74) is 1.18. The average Bonchev–Trinajstić information content (AvgIpc) is 3.02. The van der Waals surface area contributed by atoms with Crippen molar-refractivity contribution in [3.63, 3.8) is 0 Å². The van der Waals surface area contributed by atoms with E-state index in [-0.39, 0.29) is 6.04 Å². The number of hydrogen-bond acceptors (Lipinski definition) is 5. The molecule has 0 unspecified atom stereocenters. The van der Waals surface area contributed by atoms with E-state index in [0.29, 0.717) is 18.4 Å². The van der Waals surface area contributed by atoms with E-state index in [1.165, 1.54) is 18.4 Å². The van der Waals surface area contributed by atoms with E-state index in [4.69, 9.17) is 8.94 Å². The molecule has 2 heterocycles. The highest BCUT2D eigenvalue weighted by atomic mass is 16.5. The van der Waals surface area contributed by atoms with Crippen molar-refractivity contribution in [2.24, 2.45) is 0 Å². The maximum atomic E-state index is 5.54. The molecule has 0 radical (unpaired) electrons. The summed E-state index contributed by atoms with van der Waals surface area (Å²) in [5, 5.41) is 7.39. The van der Waals surface area contributed by atoms with Crippen LogP contribution in [0.2, 0.25) is 0 Å². The van der Waals surface area contributed by atoms with Crippen LogP contribution in [0.4, 0.5) is 0 Å². The molecule has 0 saturated heterocycles. The van der Waals surface area contributed by atoms with Crippen LogP contribution in [0.25, 0.3) is 0 Å². The van der Waals surface area contributed by atoms with Gasteiger partial charge in [0.2, 0.25) is 5.89 Å². The maximum Gasteiger partial charge on any atom is 0.240 e. The van der Waals surface area contributed by atoms with Crippen molar-refractivity contribution >= 4 is 0 Å². The molecule has 1 fully saturated rings. The second kappa shape index (κ2) is 4.81. The largest absolute Gasteiger partial charge is 0.466 e. The molecule has 19 heavy (non-hydrogen) atoms. The third kappa shape index (κ3) is 2.71. The predicted octanol–water partition coefficient (Wildman–Crippen LogP) is 3.01. The molecule has 0 aromatic carbocycles. The smallest absolute Gasteiger partial charge is 0.240 e. The normalized spacial score (nSPS) is 16.8. The molecule has 3 rings (SSSR count). The molecule has 1 aliphatic rings. The van der Waals surface area contributed by atoms with Crippen LogP contribution in [0, 0.1) is 13.8 Å². The summed E-state index contributed by atoms with van der Waals surface area (Å²) < 4.78 is 10.8. The van der Waals surface area contributed by atoms with Gasteiger partial charge in [0.15, 0.2) is 5.82 Å². The van der Waals surface area contributed by atoms with E-state index in [2.05, 4.69) is 28.4 Å². The zero-order valence-corrected chi connectivity index (χ0v) is 11.6.